The summed E-state index contributed by atoms with van der Waals surface area (Å²) in [5.74, 6) is -0.834. The van der Waals surface area contributed by atoms with E-state index in [1.54, 1.807) is 29.2 Å². The standard InChI is InChI=1S/C26H31BrN2O4/c1-4-28(5-2)15-8-16-29-23(18-11-13-20(27)14-12-18)22(25(31)26(29)32)24(30)19-9-7-10-21(17-19)33-6-3/h7,9-14,17,23,30H,4-6,8,15-16H2,1-3H3. The first kappa shape index (κ1) is 25.0. The quantitative estimate of drug-likeness (QED) is 0.274. The third-order valence-corrected chi connectivity index (χ3v) is 6.44. The van der Waals surface area contributed by atoms with Crippen LogP contribution < -0.4 is 4.74 Å². The van der Waals surface area contributed by atoms with Crippen molar-refractivity contribution >= 4 is 33.4 Å². The van der Waals surface area contributed by atoms with Gasteiger partial charge in [-0.2, -0.15) is 0 Å². The number of aliphatic hydroxyl groups is 1. The van der Waals surface area contributed by atoms with E-state index in [1.807, 2.05) is 31.2 Å². The second kappa shape index (κ2) is 11.5. The van der Waals surface area contributed by atoms with Crippen molar-refractivity contribution in [2.24, 2.45) is 0 Å². The lowest BCUT2D eigenvalue weighted by molar-refractivity contribution is -0.140. The molecular weight excluding hydrogens is 484 g/mol. The maximum atomic E-state index is 13.1. The minimum absolute atomic E-state index is 0.110. The van der Waals surface area contributed by atoms with Crippen LogP contribution in [0.2, 0.25) is 0 Å². The molecule has 1 fully saturated rings. The van der Waals surface area contributed by atoms with Crippen molar-refractivity contribution in [3.63, 3.8) is 0 Å². The summed E-state index contributed by atoms with van der Waals surface area (Å²) in [5.41, 5.74) is 1.34. The maximum Gasteiger partial charge on any atom is 0.295 e. The number of hydrogen-bond donors (Lipinski definition) is 1. The van der Waals surface area contributed by atoms with Crippen LogP contribution in [0.5, 0.6) is 5.75 Å². The van der Waals surface area contributed by atoms with E-state index in [9.17, 15) is 14.7 Å². The van der Waals surface area contributed by atoms with Crippen molar-refractivity contribution in [3.05, 3.63) is 69.7 Å². The molecule has 1 saturated heterocycles. The van der Waals surface area contributed by atoms with Gasteiger partial charge in [-0.05, 0) is 62.8 Å². The number of carbonyl (C=O) groups excluding carboxylic acids is 2. The van der Waals surface area contributed by atoms with E-state index in [2.05, 4.69) is 34.7 Å². The molecule has 1 aliphatic heterocycles. The first-order valence-electron chi connectivity index (χ1n) is 11.4. The van der Waals surface area contributed by atoms with E-state index in [0.717, 1.165) is 36.1 Å². The minimum Gasteiger partial charge on any atom is -0.507 e. The molecule has 3 rings (SSSR count). The van der Waals surface area contributed by atoms with Gasteiger partial charge in [-0.3, -0.25) is 9.59 Å². The second-order valence-electron chi connectivity index (χ2n) is 7.89. The van der Waals surface area contributed by atoms with Crippen molar-refractivity contribution in [1.82, 2.24) is 9.80 Å². The fourth-order valence-corrected chi connectivity index (χ4v) is 4.43. The number of amides is 1. The zero-order valence-electron chi connectivity index (χ0n) is 19.4. The normalized spacial score (nSPS) is 17.7. The molecule has 33 heavy (non-hydrogen) atoms. The molecule has 176 valence electrons. The number of ether oxygens (including phenoxy) is 1. The van der Waals surface area contributed by atoms with Gasteiger partial charge in [0.15, 0.2) is 0 Å². The van der Waals surface area contributed by atoms with E-state index in [4.69, 9.17) is 4.74 Å². The van der Waals surface area contributed by atoms with E-state index in [1.165, 1.54) is 0 Å². The van der Waals surface area contributed by atoms with Gasteiger partial charge in [-0.15, -0.1) is 0 Å². The van der Waals surface area contributed by atoms with Gasteiger partial charge in [0.2, 0.25) is 0 Å². The lowest BCUT2D eigenvalue weighted by Gasteiger charge is -2.27. The average Bonchev–Trinajstić information content (AvgIpc) is 3.07. The Labute approximate surface area is 204 Å². The van der Waals surface area contributed by atoms with Crippen LogP contribution in [0.4, 0.5) is 0 Å². The summed E-state index contributed by atoms with van der Waals surface area (Å²) in [6.45, 7) is 9.70. The van der Waals surface area contributed by atoms with Crippen LogP contribution in [-0.2, 0) is 9.59 Å². The lowest BCUT2D eigenvalue weighted by atomic mass is 9.95. The first-order chi connectivity index (χ1) is 15.9. The number of hydrogen-bond acceptors (Lipinski definition) is 5. The van der Waals surface area contributed by atoms with E-state index in [0.29, 0.717) is 24.5 Å². The molecule has 2 aromatic carbocycles. The Hall–Kier alpha value is -2.64. The van der Waals surface area contributed by atoms with Crippen LogP contribution in [0.25, 0.3) is 5.76 Å². The lowest BCUT2D eigenvalue weighted by Crippen LogP contribution is -2.33. The van der Waals surface area contributed by atoms with Gasteiger partial charge in [0.25, 0.3) is 11.7 Å². The largest absolute Gasteiger partial charge is 0.507 e. The topological polar surface area (TPSA) is 70.1 Å². The Morgan fingerprint density at radius 3 is 2.42 bits per heavy atom. The Morgan fingerprint density at radius 2 is 1.79 bits per heavy atom. The van der Waals surface area contributed by atoms with Gasteiger partial charge < -0.3 is 19.6 Å². The molecule has 7 heteroatoms. The van der Waals surface area contributed by atoms with E-state index >= 15 is 0 Å². The second-order valence-corrected chi connectivity index (χ2v) is 8.80. The van der Waals surface area contributed by atoms with Gasteiger partial charge >= 0.3 is 0 Å². The minimum atomic E-state index is -0.662. The van der Waals surface area contributed by atoms with Gasteiger partial charge in [0.05, 0.1) is 18.2 Å². The van der Waals surface area contributed by atoms with E-state index in [-0.39, 0.29) is 11.3 Å². The van der Waals surface area contributed by atoms with Gasteiger partial charge in [0, 0.05) is 16.6 Å². The van der Waals surface area contributed by atoms with Gasteiger partial charge in [-0.25, -0.2) is 0 Å². The number of ketones is 1. The summed E-state index contributed by atoms with van der Waals surface area (Å²) in [4.78, 5) is 30.1. The molecule has 1 N–H and O–H groups in total. The smallest absolute Gasteiger partial charge is 0.295 e. The summed E-state index contributed by atoms with van der Waals surface area (Å²) >= 11 is 3.44. The molecule has 0 spiro atoms. The van der Waals surface area contributed by atoms with Gasteiger partial charge in [0.1, 0.15) is 11.5 Å². The molecule has 1 unspecified atom stereocenters. The highest BCUT2D eigenvalue weighted by molar-refractivity contribution is 9.10. The molecule has 0 aliphatic carbocycles. The molecule has 0 bridgehead atoms. The van der Waals surface area contributed by atoms with Crippen molar-refractivity contribution < 1.29 is 19.4 Å². The van der Waals surface area contributed by atoms with Crippen LogP contribution >= 0.6 is 15.9 Å². The van der Waals surface area contributed by atoms with E-state index < -0.39 is 17.7 Å². The van der Waals surface area contributed by atoms with Crippen LogP contribution in [0.1, 0.15) is 44.4 Å². The Kier molecular flexibility index (Phi) is 8.69. The summed E-state index contributed by atoms with van der Waals surface area (Å²) in [6.07, 6.45) is 0.738. The molecule has 1 heterocycles. The fraction of sp³-hybridized carbons (Fsp3) is 0.385. The molecule has 0 radical (unpaired) electrons. The van der Waals surface area contributed by atoms with Crippen molar-refractivity contribution in [2.75, 3.05) is 32.8 Å². The Balaban J connectivity index is 2.02. The average molecular weight is 515 g/mol. The van der Waals surface area contributed by atoms with Crippen LogP contribution in [0, 0.1) is 0 Å². The highest BCUT2D eigenvalue weighted by Crippen LogP contribution is 2.40. The zero-order chi connectivity index (χ0) is 24.0. The molecule has 1 amide bonds. The van der Waals surface area contributed by atoms with Crippen molar-refractivity contribution in [1.29, 1.82) is 0 Å². The summed E-state index contributed by atoms with van der Waals surface area (Å²) in [6, 6.07) is 13.8. The number of benzene rings is 2. The SMILES string of the molecule is CCOc1cccc(C(O)=C2C(=O)C(=O)N(CCCN(CC)CC)C2c2ccc(Br)cc2)c1. The number of aliphatic hydroxyl groups excluding tert-OH is 1. The molecule has 6 nitrogen and oxygen atoms in total. The molecule has 1 atom stereocenters. The predicted molar refractivity (Wildman–Crippen MR) is 133 cm³/mol. The summed E-state index contributed by atoms with van der Waals surface area (Å²) in [7, 11) is 0. The molecule has 0 saturated carbocycles. The number of nitrogens with zero attached hydrogens (tertiary/aromatic N) is 2. The highest BCUT2D eigenvalue weighted by atomic mass is 79.9. The number of halogens is 1. The zero-order valence-corrected chi connectivity index (χ0v) is 21.0. The fourth-order valence-electron chi connectivity index (χ4n) is 4.16. The highest BCUT2D eigenvalue weighted by Gasteiger charge is 2.45. The maximum absolute atomic E-state index is 13.1. The van der Waals surface area contributed by atoms with Crippen LogP contribution in [0.3, 0.4) is 0 Å². The molecular formula is C26H31BrN2O4. The third kappa shape index (κ3) is 5.65. The predicted octanol–water partition coefficient (Wildman–Crippen LogP) is 5.00. The molecule has 2 aromatic rings. The van der Waals surface area contributed by atoms with Crippen LogP contribution in [-0.4, -0.2) is 59.4 Å². The number of Topliss-reactive ketones (excluding diaryl/α,β-unsaturated/α-hetero) is 1. The first-order valence-corrected chi connectivity index (χ1v) is 12.2. The van der Waals surface area contributed by atoms with Crippen molar-refractivity contribution in [2.45, 2.75) is 33.2 Å². The van der Waals surface area contributed by atoms with Crippen LogP contribution in [0.15, 0.2) is 58.6 Å². The summed E-state index contributed by atoms with van der Waals surface area (Å²) in [5, 5.41) is 11.2. The number of rotatable bonds is 10. The Bertz CT molecular complexity index is 1020. The monoisotopic (exact) mass is 514 g/mol. The number of likely N-dealkylation sites (tertiary alicyclic amines) is 1. The van der Waals surface area contributed by atoms with Crippen molar-refractivity contribution in [3.8, 4) is 5.75 Å². The number of carbonyl (C=O) groups is 2. The Morgan fingerprint density at radius 1 is 1.09 bits per heavy atom. The third-order valence-electron chi connectivity index (χ3n) is 5.91. The summed E-state index contributed by atoms with van der Waals surface area (Å²) < 4.78 is 6.44. The molecule has 1 aliphatic rings. The van der Waals surface area contributed by atoms with Gasteiger partial charge in [-0.1, -0.05) is 54.0 Å². The molecule has 0 aromatic heterocycles.